The summed E-state index contributed by atoms with van der Waals surface area (Å²) < 4.78 is 93.3. The van der Waals surface area contributed by atoms with Crippen LogP contribution < -0.4 is 73.0 Å². The average molecular weight is 2090 g/mol. The molecule has 3 aliphatic carbocycles. The summed E-state index contributed by atoms with van der Waals surface area (Å²) in [5, 5.41) is 87.3. The van der Waals surface area contributed by atoms with Crippen LogP contribution in [0.1, 0.15) is 204 Å². The standard InChI is InChI=1S/C25H32N10O8.C21H28N10O6.C13H28N4O4.C11H21NO2S.C10H17N3O3.C8H14O.CH4O.CH3O.Na/c1-13(29-25(38)39-12-16-7-5-4-6-8-16)20-10-9-17(30-33-26)24(42-20)43-22-19(32-35-28)11-18(31-34-27)21(40-14(2)36)23(22)41-15(3)37;1-11(25-21(34)35-10-12-5-3-2-4-6-12)16-8-7-13(26-29-22)20(36-16)37-19-15(28-31-24)9-14(27-30-23)17(32)18(19)33;1-5(14)9-3-2-6(15)13(20-9)21-12-8(17)4-7(16)10(18)11(12)19;1-9(10-7-5-6-8-14-10)12-15(13)11(2,3)4;1-6(2)9-5-4-8(12-13-11)10(16-9)15-7(3)14;1-7(2)8-5-3-4-6-9-8;2*1-2;/h4-8,13,17-24H,9-12H2,1-3H3,(H,29,38);2-6,11,13-20,32-33H,7-10H2,1H3,(H,25,34);5-13,18-19H,2-4,14-17H2,1H3;6,8-10,12H,5,7H2,1-4H3;6,8-10H,4-5H2,1-3H3;4,6-8H,3,5H2,1-2H3;2H,1H3;1H3;/q;;;;;;;-1;+1/t13-,17+,18-,19+,20+,21+,22-,23-,24-;11-,13+,14-,15+,16+,17+,18-,19-,20-;5-,6+,7-,8+,9+,10+,11-,12-,13-;9-,10+,15-;8?,9-,10?;8-;;;/m111100.../s1. The second kappa shape index (κ2) is 69.4. The van der Waals surface area contributed by atoms with Crippen molar-refractivity contribution in [2.75, 3.05) is 14.2 Å². The number of allylic oxidation sites excluding steroid dienone is 2. The smallest absolute Gasteiger partial charge is 0.857 e. The Balaban J connectivity index is 0.000000477. The minimum Gasteiger partial charge on any atom is -0.857 e. The van der Waals surface area contributed by atoms with Crippen molar-refractivity contribution in [3.63, 3.8) is 0 Å². The fourth-order valence-corrected chi connectivity index (χ4v) is 17.3. The van der Waals surface area contributed by atoms with Crippen molar-refractivity contribution < 1.29 is 155 Å². The number of aliphatic hydroxyl groups excluding tert-OH is 5. The van der Waals surface area contributed by atoms with Crippen molar-refractivity contribution in [2.45, 2.75) is 413 Å². The summed E-state index contributed by atoms with van der Waals surface area (Å²) in [6.45, 7) is 25.4. The molecule has 7 fully saturated rings. The topological polar surface area (TPSA) is 837 Å². The van der Waals surface area contributed by atoms with Gasteiger partial charge in [-0.15, -0.1) is 0 Å². The number of azide groups is 7. The molecule has 16 N–H and O–H groups in total. The molecule has 6 heterocycles. The normalized spacial score (nSPS) is 31.4. The molecule has 146 heavy (non-hydrogen) atoms. The fourth-order valence-electron chi connectivity index (χ4n) is 16.5. The molecule has 0 aromatic heterocycles. The predicted octanol–water partition coefficient (Wildman–Crippen LogP) is 7.61. The van der Waals surface area contributed by atoms with Gasteiger partial charge in [0.25, 0.3) is 0 Å². The third-order valence-electron chi connectivity index (χ3n) is 24.3. The number of hydrogen-bond acceptors (Lipinski definition) is 37. The summed E-state index contributed by atoms with van der Waals surface area (Å²) in [6, 6.07) is 9.62. The predicted molar refractivity (Wildman–Crippen MR) is 524 cm³/mol. The molecule has 0 radical (unpaired) electrons. The first-order valence-electron chi connectivity index (χ1n) is 47.8. The molecule has 4 saturated heterocycles. The Morgan fingerprint density at radius 2 is 0.801 bits per heavy atom. The number of nitrogens with one attached hydrogen (secondary N) is 3. The SMILES string of the molecule is CC(=O)OC1O[C@H](C(C)C)CCC1N=[N+]=[N-].CC(=O)O[C@@H]1[C@@H](OC(C)=O)[C@H](N=[N+]=[N-])C[C@H](N=[N+]=[N-])[C@H]1O[C@H]1O[C@H]([C@@H](C)NC(=O)OCc2ccccc2)CC[C@@H]1N=[N+]=[N-].CC(C)[C@@H]1CCC=CO1.CO.C[C@@H](N)[C@@H]1CC[C@H](N)[C@@H](O[C@H]2[C@H](O)[C@@H](O)[C@H](N)C[C@@H]2N)O1.C[C@@H](NC(=O)OCc1ccccc1)[C@@H]1CC[C@H](N=[N+]=[N-])[C@@H](O[C@H]2[C@H](O)[C@@H](O)[C@H](N=[N+]=[N-])C[C@@H]2N=[N+]=[N-])O1.C[C@@H](N[S@](=O)C(C)(C)C)[C@@H]1CCC=CO1.C[O-].[Na+]. The van der Waals surface area contributed by atoms with Crippen LogP contribution in [0.25, 0.3) is 73.1 Å². The number of benzene rings is 2. The number of nitrogens with zero attached hydrogens (tertiary/aromatic N) is 21. The zero-order valence-electron chi connectivity index (χ0n) is 85.7. The van der Waals surface area contributed by atoms with Gasteiger partial charge in [0.1, 0.15) is 55.9 Å². The molecule has 9 aliphatic rings. The van der Waals surface area contributed by atoms with E-state index in [-0.39, 0.29) is 103 Å². The van der Waals surface area contributed by atoms with Crippen molar-refractivity contribution in [3.05, 3.63) is 170 Å². The molecule has 0 spiro atoms. The first-order chi connectivity index (χ1) is 69.1. The fraction of sp³-hybridized carbons (Fsp3) is 0.767. The largest absolute Gasteiger partial charge is 1.00 e. The maximum Gasteiger partial charge on any atom is 1.00 e. The van der Waals surface area contributed by atoms with E-state index in [2.05, 4.69) is 105 Å². The van der Waals surface area contributed by atoms with E-state index in [1.54, 1.807) is 20.1 Å². The molecule has 56 heteroatoms. The van der Waals surface area contributed by atoms with Gasteiger partial charge in [-0.3, -0.25) is 14.4 Å². The van der Waals surface area contributed by atoms with Crippen LogP contribution in [0.2, 0.25) is 0 Å². The molecule has 54 nitrogen and oxygen atoms in total. The molecular weight excluding hydrogens is 1940 g/mol. The van der Waals surface area contributed by atoms with Crippen LogP contribution in [-0.4, -0.2) is 280 Å². The van der Waals surface area contributed by atoms with Gasteiger partial charge in [0.15, 0.2) is 25.0 Å². The number of alkyl carbamates (subject to hydrolysis) is 2. The molecule has 11 rings (SSSR count). The number of hydrogen-bond donors (Lipinski definition) is 12. The first kappa shape index (κ1) is 130. The quantitative estimate of drug-likeness (QED) is 0.00893. The van der Waals surface area contributed by atoms with Gasteiger partial charge in [-0.1, -0.05) is 124 Å². The van der Waals surface area contributed by atoms with E-state index in [0.29, 0.717) is 50.0 Å². The van der Waals surface area contributed by atoms with E-state index >= 15 is 0 Å². The van der Waals surface area contributed by atoms with Gasteiger partial charge in [-0.2, -0.15) is 7.11 Å². The second-order valence-corrected chi connectivity index (χ2v) is 39.0. The molecule has 810 valence electrons. The van der Waals surface area contributed by atoms with Crippen molar-refractivity contribution in [1.29, 1.82) is 0 Å². The van der Waals surface area contributed by atoms with Gasteiger partial charge in [0.05, 0.1) is 137 Å². The van der Waals surface area contributed by atoms with Crippen molar-refractivity contribution in [3.8, 4) is 0 Å². The minimum atomic E-state index is -1.58. The van der Waals surface area contributed by atoms with Crippen LogP contribution >= 0.6 is 0 Å². The van der Waals surface area contributed by atoms with E-state index in [1.807, 2.05) is 121 Å². The molecule has 6 aliphatic heterocycles. The molecule has 3 saturated carbocycles. The van der Waals surface area contributed by atoms with Crippen molar-refractivity contribution in [1.82, 2.24) is 15.4 Å². The number of nitrogens with two attached hydrogens (primary N) is 4. The molecule has 2 amide bonds. The average Bonchev–Trinajstić information content (AvgIpc) is 0.777. The van der Waals surface area contributed by atoms with Crippen molar-refractivity contribution >= 4 is 41.1 Å². The van der Waals surface area contributed by atoms with E-state index < -0.39 is 200 Å². The Hall–Kier alpha value is -9.93. The summed E-state index contributed by atoms with van der Waals surface area (Å²) in [5.41, 5.74) is 87.8. The number of rotatable bonds is 30. The van der Waals surface area contributed by atoms with Crippen LogP contribution in [0.3, 0.4) is 0 Å². The maximum atomic E-state index is 12.4. The summed E-state index contributed by atoms with van der Waals surface area (Å²) in [6.07, 6.45) is -0.477. The Morgan fingerprint density at radius 1 is 0.432 bits per heavy atom. The van der Waals surface area contributed by atoms with Crippen LogP contribution in [0.5, 0.6) is 0 Å². The van der Waals surface area contributed by atoms with E-state index in [4.69, 9.17) is 133 Å². The third kappa shape index (κ3) is 44.5. The molecule has 2 aromatic carbocycles. The number of ether oxygens (including phenoxy) is 14. The zero-order chi connectivity index (χ0) is 108. The van der Waals surface area contributed by atoms with Crippen LogP contribution in [0, 0.1) is 11.8 Å². The Bertz CT molecular complexity index is 4670. The van der Waals surface area contributed by atoms with Crippen LogP contribution in [0.4, 0.5) is 9.59 Å². The van der Waals surface area contributed by atoms with Gasteiger partial charge in [-0.25, -0.2) is 18.5 Å². The Kier molecular flexibility index (Phi) is 61.9. The third-order valence-corrected chi connectivity index (χ3v) is 26.0. The number of amides is 2. The Morgan fingerprint density at radius 3 is 1.22 bits per heavy atom. The van der Waals surface area contributed by atoms with Gasteiger partial charge in [0, 0.05) is 80.4 Å². The van der Waals surface area contributed by atoms with Crippen molar-refractivity contribution in [2.24, 2.45) is 70.6 Å². The second-order valence-electron chi connectivity index (χ2n) is 37.0. The van der Waals surface area contributed by atoms with Crippen LogP contribution in [-0.2, 0) is 105 Å². The summed E-state index contributed by atoms with van der Waals surface area (Å²) in [5.74, 6) is -0.938. The van der Waals surface area contributed by atoms with Gasteiger partial charge >= 0.3 is 59.7 Å². The summed E-state index contributed by atoms with van der Waals surface area (Å²) in [4.78, 5) is 79.1. The molecule has 2 unspecified atom stereocenters. The molecule has 0 bridgehead atoms. The molecule has 34 atom stereocenters. The monoisotopic (exact) mass is 2090 g/mol. The number of esters is 3. The van der Waals surface area contributed by atoms with Gasteiger partial charge in [-0.05, 0) is 219 Å². The molecule has 2 aromatic rings. The first-order valence-corrected chi connectivity index (χ1v) is 49.0. The van der Waals surface area contributed by atoms with Gasteiger partial charge < -0.3 is 131 Å². The van der Waals surface area contributed by atoms with E-state index in [0.717, 1.165) is 71.3 Å². The van der Waals surface area contributed by atoms with E-state index in [1.165, 1.54) is 19.8 Å². The Labute approximate surface area is 873 Å². The summed E-state index contributed by atoms with van der Waals surface area (Å²) >= 11 is 0. The minimum absolute atomic E-state index is 0. The number of carbonyl (C=O) groups is 5. The zero-order valence-corrected chi connectivity index (χ0v) is 88.5. The maximum absolute atomic E-state index is 12.4. The van der Waals surface area contributed by atoms with Crippen LogP contribution in [0.15, 0.2) is 121 Å². The van der Waals surface area contributed by atoms with E-state index in [9.17, 15) is 54.1 Å². The molecular formula is C90H147N28NaO26S. The number of carbonyl (C=O) groups excluding carboxylic acids is 5. The number of aliphatic hydroxyl groups is 5. The summed E-state index contributed by atoms with van der Waals surface area (Å²) in [7, 11) is 0.727. The van der Waals surface area contributed by atoms with Gasteiger partial charge in [0.2, 0.25) is 6.29 Å².